The molecule has 1 aliphatic rings. The van der Waals surface area contributed by atoms with Crippen LogP contribution in [-0.4, -0.2) is 43.1 Å². The minimum absolute atomic E-state index is 0.127. The molecule has 0 aromatic heterocycles. The summed E-state index contributed by atoms with van der Waals surface area (Å²) in [6, 6.07) is 7.87. The number of hydrogen-bond acceptors (Lipinski definition) is 5. The van der Waals surface area contributed by atoms with Gasteiger partial charge < -0.3 is 19.5 Å². The SMILES string of the molecule is C=C1O[C@H](OC)C[C@](C)(NC(=O)C(F)(F)F)[C@@H]1OC(=O)c1ccccc1. The summed E-state index contributed by atoms with van der Waals surface area (Å²) in [6.07, 6.45) is -7.57. The van der Waals surface area contributed by atoms with Gasteiger partial charge >= 0.3 is 18.1 Å². The first-order valence-electron chi connectivity index (χ1n) is 7.60. The molecule has 142 valence electrons. The molecule has 0 unspecified atom stereocenters. The third-order valence-electron chi connectivity index (χ3n) is 3.90. The summed E-state index contributed by atoms with van der Waals surface area (Å²) < 4.78 is 53.7. The van der Waals surface area contributed by atoms with Gasteiger partial charge in [0.05, 0.1) is 11.1 Å². The number of hydrogen-bond donors (Lipinski definition) is 1. The van der Waals surface area contributed by atoms with Gasteiger partial charge in [0.25, 0.3) is 0 Å². The second kappa shape index (κ2) is 7.36. The molecule has 0 aliphatic carbocycles. The van der Waals surface area contributed by atoms with Crippen molar-refractivity contribution in [1.29, 1.82) is 0 Å². The molecule has 1 aromatic carbocycles. The number of alkyl halides is 3. The summed E-state index contributed by atoms with van der Waals surface area (Å²) in [4.78, 5) is 23.7. The molecule has 2 rings (SSSR count). The lowest BCUT2D eigenvalue weighted by Gasteiger charge is -2.44. The molecule has 0 bridgehead atoms. The fourth-order valence-corrected chi connectivity index (χ4v) is 2.60. The number of amides is 1. The standard InChI is InChI=1S/C17H18F3NO5/c1-10-13(26-14(22)11-7-5-4-6-8-11)16(2,9-12(24-3)25-10)21-15(23)17(18,19)20/h4-8,12-13H,1,9H2,2-3H3,(H,21,23)/t12-,13+,16-/m0/s1. The largest absolute Gasteiger partial charge is 0.471 e. The fraction of sp³-hybridized carbons (Fsp3) is 0.412. The molecule has 0 radical (unpaired) electrons. The van der Waals surface area contributed by atoms with Crippen LogP contribution in [0.3, 0.4) is 0 Å². The zero-order chi connectivity index (χ0) is 19.5. The Labute approximate surface area is 147 Å². The van der Waals surface area contributed by atoms with Gasteiger partial charge in [-0.2, -0.15) is 13.2 Å². The van der Waals surface area contributed by atoms with Crippen LogP contribution in [0, 0.1) is 0 Å². The van der Waals surface area contributed by atoms with E-state index >= 15 is 0 Å². The van der Waals surface area contributed by atoms with Crippen LogP contribution in [0.25, 0.3) is 0 Å². The highest BCUT2D eigenvalue weighted by molar-refractivity contribution is 5.89. The van der Waals surface area contributed by atoms with E-state index in [1.807, 2.05) is 5.32 Å². The maximum absolute atomic E-state index is 12.7. The zero-order valence-electron chi connectivity index (χ0n) is 14.1. The minimum Gasteiger partial charge on any atom is -0.466 e. The molecule has 1 aromatic rings. The Hall–Kier alpha value is -2.55. The van der Waals surface area contributed by atoms with Crippen molar-refractivity contribution in [3.63, 3.8) is 0 Å². The van der Waals surface area contributed by atoms with Crippen LogP contribution in [0.4, 0.5) is 13.2 Å². The second-order valence-corrected chi connectivity index (χ2v) is 5.97. The molecule has 1 N–H and O–H groups in total. The van der Waals surface area contributed by atoms with E-state index in [4.69, 9.17) is 14.2 Å². The fourth-order valence-electron chi connectivity index (χ4n) is 2.60. The summed E-state index contributed by atoms with van der Waals surface area (Å²) in [5.41, 5.74) is -1.44. The predicted molar refractivity (Wildman–Crippen MR) is 83.9 cm³/mol. The molecular formula is C17H18F3NO5. The van der Waals surface area contributed by atoms with Crippen LogP contribution in [0.15, 0.2) is 42.7 Å². The summed E-state index contributed by atoms with van der Waals surface area (Å²) in [6.45, 7) is 4.90. The molecule has 26 heavy (non-hydrogen) atoms. The van der Waals surface area contributed by atoms with Gasteiger partial charge in [-0.3, -0.25) is 4.79 Å². The van der Waals surface area contributed by atoms with E-state index in [1.165, 1.54) is 26.2 Å². The highest BCUT2D eigenvalue weighted by Crippen LogP contribution is 2.34. The highest BCUT2D eigenvalue weighted by Gasteiger charge is 2.51. The molecule has 0 saturated carbocycles. The molecule has 1 amide bonds. The Balaban J connectivity index is 2.28. The van der Waals surface area contributed by atoms with Crippen LogP contribution in [0.1, 0.15) is 23.7 Å². The lowest BCUT2D eigenvalue weighted by atomic mass is 9.86. The quantitative estimate of drug-likeness (QED) is 0.822. The Morgan fingerprint density at radius 2 is 1.92 bits per heavy atom. The Bertz CT molecular complexity index is 691. The maximum atomic E-state index is 12.7. The Morgan fingerprint density at radius 1 is 1.31 bits per heavy atom. The summed E-state index contributed by atoms with van der Waals surface area (Å²) in [5.74, 6) is -3.08. The molecule has 0 spiro atoms. The molecule has 1 fully saturated rings. The molecule has 1 heterocycles. The molecular weight excluding hydrogens is 355 g/mol. The number of carbonyl (C=O) groups excluding carboxylic acids is 2. The average molecular weight is 373 g/mol. The highest BCUT2D eigenvalue weighted by atomic mass is 19.4. The van der Waals surface area contributed by atoms with E-state index in [2.05, 4.69) is 6.58 Å². The van der Waals surface area contributed by atoms with Crippen LogP contribution < -0.4 is 5.32 Å². The zero-order valence-corrected chi connectivity index (χ0v) is 14.1. The second-order valence-electron chi connectivity index (χ2n) is 5.97. The van der Waals surface area contributed by atoms with E-state index in [0.29, 0.717) is 0 Å². The average Bonchev–Trinajstić information content (AvgIpc) is 2.57. The van der Waals surface area contributed by atoms with Gasteiger partial charge in [-0.1, -0.05) is 24.8 Å². The lowest BCUT2D eigenvalue weighted by Crippen LogP contribution is -2.63. The van der Waals surface area contributed by atoms with Crippen molar-refractivity contribution in [2.45, 2.75) is 37.5 Å². The number of esters is 1. The molecule has 9 heteroatoms. The third kappa shape index (κ3) is 4.34. The van der Waals surface area contributed by atoms with Crippen LogP contribution >= 0.6 is 0 Å². The number of halogens is 3. The smallest absolute Gasteiger partial charge is 0.466 e. The first-order chi connectivity index (χ1) is 12.1. The van der Waals surface area contributed by atoms with Crippen molar-refractivity contribution < 1.29 is 37.0 Å². The number of rotatable bonds is 4. The van der Waals surface area contributed by atoms with Crippen molar-refractivity contribution in [1.82, 2.24) is 5.32 Å². The molecule has 3 atom stereocenters. The number of carbonyl (C=O) groups is 2. The van der Waals surface area contributed by atoms with Crippen molar-refractivity contribution in [3.05, 3.63) is 48.2 Å². The van der Waals surface area contributed by atoms with Gasteiger partial charge in [0.1, 0.15) is 5.76 Å². The lowest BCUT2D eigenvalue weighted by molar-refractivity contribution is -0.188. The van der Waals surface area contributed by atoms with Gasteiger partial charge in [-0.15, -0.1) is 0 Å². The first kappa shape index (κ1) is 19.8. The number of benzene rings is 1. The van der Waals surface area contributed by atoms with Gasteiger partial charge in [-0.25, -0.2) is 4.79 Å². The molecule has 6 nitrogen and oxygen atoms in total. The van der Waals surface area contributed by atoms with E-state index in [-0.39, 0.29) is 17.7 Å². The van der Waals surface area contributed by atoms with Crippen molar-refractivity contribution in [2.24, 2.45) is 0 Å². The number of ether oxygens (including phenoxy) is 3. The molecule has 1 saturated heterocycles. The van der Waals surface area contributed by atoms with E-state index in [0.717, 1.165) is 0 Å². The van der Waals surface area contributed by atoms with Crippen LogP contribution in [0.2, 0.25) is 0 Å². The van der Waals surface area contributed by atoms with E-state index < -0.39 is 36.0 Å². The van der Waals surface area contributed by atoms with Crippen molar-refractivity contribution in [2.75, 3.05) is 7.11 Å². The normalized spacial score (nSPS) is 26.0. The molecule has 1 aliphatic heterocycles. The van der Waals surface area contributed by atoms with Gasteiger partial charge in [0, 0.05) is 13.5 Å². The summed E-state index contributed by atoms with van der Waals surface area (Å²) in [5, 5.41) is 1.87. The summed E-state index contributed by atoms with van der Waals surface area (Å²) in [7, 11) is 1.29. The van der Waals surface area contributed by atoms with Gasteiger partial charge in [0.15, 0.2) is 6.10 Å². The minimum atomic E-state index is -5.10. The predicted octanol–water partition coefficient (Wildman–Crippen LogP) is 2.56. The van der Waals surface area contributed by atoms with Crippen molar-refractivity contribution >= 4 is 11.9 Å². The van der Waals surface area contributed by atoms with Crippen molar-refractivity contribution in [3.8, 4) is 0 Å². The maximum Gasteiger partial charge on any atom is 0.471 e. The number of nitrogens with one attached hydrogen (secondary N) is 1. The Kier molecular flexibility index (Phi) is 5.60. The topological polar surface area (TPSA) is 73.9 Å². The van der Waals surface area contributed by atoms with E-state index in [1.54, 1.807) is 18.2 Å². The first-order valence-corrected chi connectivity index (χ1v) is 7.60. The van der Waals surface area contributed by atoms with Crippen LogP contribution in [-0.2, 0) is 19.0 Å². The van der Waals surface area contributed by atoms with Gasteiger partial charge in [-0.05, 0) is 19.1 Å². The van der Waals surface area contributed by atoms with Crippen LogP contribution in [0.5, 0.6) is 0 Å². The summed E-state index contributed by atoms with van der Waals surface area (Å²) >= 11 is 0. The number of methoxy groups -OCH3 is 1. The van der Waals surface area contributed by atoms with E-state index in [9.17, 15) is 22.8 Å². The monoisotopic (exact) mass is 373 g/mol. The third-order valence-corrected chi connectivity index (χ3v) is 3.90. The Morgan fingerprint density at radius 3 is 2.46 bits per heavy atom. The van der Waals surface area contributed by atoms with Gasteiger partial charge in [0.2, 0.25) is 6.29 Å².